The molecule has 4 heteroatoms. The summed E-state index contributed by atoms with van der Waals surface area (Å²) in [6.07, 6.45) is 6.43. The van der Waals surface area contributed by atoms with Crippen molar-refractivity contribution in [3.8, 4) is 0 Å². The fourth-order valence-electron chi connectivity index (χ4n) is 2.51. The summed E-state index contributed by atoms with van der Waals surface area (Å²) in [6.45, 7) is 14.0. The zero-order chi connectivity index (χ0) is 16.0. The Balaban J connectivity index is 0.00000106. The van der Waals surface area contributed by atoms with Crippen molar-refractivity contribution in [3.63, 3.8) is 0 Å². The summed E-state index contributed by atoms with van der Waals surface area (Å²) in [4.78, 5) is 25.5. The number of rotatable bonds is 3. The van der Waals surface area contributed by atoms with E-state index in [1.807, 2.05) is 32.9 Å². The van der Waals surface area contributed by atoms with E-state index in [2.05, 4.69) is 18.5 Å². The maximum atomic E-state index is 12.4. The Morgan fingerprint density at radius 1 is 1.33 bits per heavy atom. The third-order valence-electron chi connectivity index (χ3n) is 3.48. The molecule has 1 unspecified atom stereocenters. The lowest BCUT2D eigenvalue weighted by atomic mass is 10.0. The number of nitrogens with one attached hydrogen (secondary N) is 1. The number of allylic oxidation sites excluding steroid dienone is 1. The van der Waals surface area contributed by atoms with E-state index in [1.165, 1.54) is 0 Å². The fourth-order valence-corrected chi connectivity index (χ4v) is 2.51. The van der Waals surface area contributed by atoms with Gasteiger partial charge in [0.05, 0.1) is 6.04 Å². The van der Waals surface area contributed by atoms with Crippen LogP contribution < -0.4 is 5.32 Å². The number of piperidine rings is 1. The molecule has 1 saturated heterocycles. The maximum absolute atomic E-state index is 12.4. The van der Waals surface area contributed by atoms with Crippen LogP contribution in [0.25, 0.3) is 0 Å². The van der Waals surface area contributed by atoms with Crippen molar-refractivity contribution in [1.82, 2.24) is 10.2 Å². The Morgan fingerprint density at radius 3 is 2.52 bits per heavy atom. The smallest absolute Gasteiger partial charge is 0.255 e. The molecule has 4 nitrogen and oxygen atoms in total. The molecule has 2 amide bonds. The van der Waals surface area contributed by atoms with Crippen LogP contribution in [0.4, 0.5) is 0 Å². The number of carbonyl (C=O) groups is 2. The van der Waals surface area contributed by atoms with Crippen LogP contribution in [0.15, 0.2) is 48.2 Å². The number of nitrogens with zero attached hydrogens (tertiary/aromatic N) is 1. The van der Waals surface area contributed by atoms with Crippen LogP contribution in [0.1, 0.15) is 33.6 Å². The molecule has 2 aliphatic rings. The summed E-state index contributed by atoms with van der Waals surface area (Å²) in [7, 11) is 0. The molecular weight excluding hydrogens is 264 g/mol. The Kier molecular flexibility index (Phi) is 6.15. The monoisotopic (exact) mass is 288 g/mol. The summed E-state index contributed by atoms with van der Waals surface area (Å²) < 4.78 is 0. The van der Waals surface area contributed by atoms with Crippen molar-refractivity contribution in [3.05, 3.63) is 48.2 Å². The molecular formula is C17H24N2O2. The van der Waals surface area contributed by atoms with E-state index in [4.69, 9.17) is 0 Å². The predicted octanol–water partition coefficient (Wildman–Crippen LogP) is 2.71. The largest absolute Gasteiger partial charge is 0.328 e. The zero-order valence-electron chi connectivity index (χ0n) is 13.1. The number of hydrogen-bond acceptors (Lipinski definition) is 2. The van der Waals surface area contributed by atoms with Gasteiger partial charge in [0.2, 0.25) is 5.91 Å². The first-order chi connectivity index (χ1) is 10.1. The highest BCUT2D eigenvalue weighted by molar-refractivity contribution is 6.01. The van der Waals surface area contributed by atoms with Crippen LogP contribution in [0, 0.1) is 0 Å². The number of carbonyl (C=O) groups excluding carboxylic acids is 2. The van der Waals surface area contributed by atoms with Crippen LogP contribution in [-0.4, -0.2) is 29.3 Å². The molecule has 0 aliphatic carbocycles. The summed E-state index contributed by atoms with van der Waals surface area (Å²) in [6, 6.07) is -0.122. The van der Waals surface area contributed by atoms with Crippen molar-refractivity contribution in [2.45, 2.75) is 39.7 Å². The lowest BCUT2D eigenvalue weighted by Crippen LogP contribution is -2.47. The number of amides is 2. The van der Waals surface area contributed by atoms with Gasteiger partial charge >= 0.3 is 0 Å². The number of hydrogen-bond donors (Lipinski definition) is 1. The summed E-state index contributed by atoms with van der Waals surface area (Å²) in [5, 5.41) is 2.72. The minimum absolute atomic E-state index is 0.0182. The molecule has 114 valence electrons. The first-order valence-electron chi connectivity index (χ1n) is 7.36. The second-order valence-corrected chi connectivity index (χ2v) is 4.70. The van der Waals surface area contributed by atoms with E-state index in [0.717, 1.165) is 5.57 Å². The molecule has 0 aromatic carbocycles. The van der Waals surface area contributed by atoms with Gasteiger partial charge in [-0.1, -0.05) is 45.2 Å². The van der Waals surface area contributed by atoms with Crippen LogP contribution in [-0.2, 0) is 9.59 Å². The van der Waals surface area contributed by atoms with Gasteiger partial charge in [-0.25, -0.2) is 0 Å². The topological polar surface area (TPSA) is 49.4 Å². The predicted molar refractivity (Wildman–Crippen MR) is 85.4 cm³/mol. The van der Waals surface area contributed by atoms with Gasteiger partial charge < -0.3 is 10.2 Å². The molecule has 21 heavy (non-hydrogen) atoms. The summed E-state index contributed by atoms with van der Waals surface area (Å²) in [5.41, 5.74) is 2.21. The van der Waals surface area contributed by atoms with Gasteiger partial charge in [0.1, 0.15) is 0 Å². The molecule has 0 spiro atoms. The Bertz CT molecular complexity index is 515. The highest BCUT2D eigenvalue weighted by Gasteiger charge is 2.36. The minimum atomic E-state index is -0.122. The molecule has 0 saturated carbocycles. The average molecular weight is 288 g/mol. The van der Waals surface area contributed by atoms with Crippen LogP contribution in [0.3, 0.4) is 0 Å². The van der Waals surface area contributed by atoms with E-state index in [9.17, 15) is 9.59 Å². The second kappa shape index (κ2) is 7.62. The Morgan fingerprint density at radius 2 is 2.00 bits per heavy atom. The molecule has 0 aromatic rings. The van der Waals surface area contributed by atoms with Gasteiger partial charge in [0, 0.05) is 24.2 Å². The van der Waals surface area contributed by atoms with E-state index in [-0.39, 0.29) is 17.9 Å². The maximum Gasteiger partial charge on any atom is 0.255 e. The molecule has 2 heterocycles. The fraction of sp³-hybridized carbons (Fsp3) is 0.412. The van der Waals surface area contributed by atoms with Gasteiger partial charge in [0.25, 0.3) is 5.91 Å². The highest BCUT2D eigenvalue weighted by atomic mass is 16.2. The highest BCUT2D eigenvalue weighted by Crippen LogP contribution is 2.28. The molecule has 0 aromatic heterocycles. The Labute approximate surface area is 126 Å². The van der Waals surface area contributed by atoms with Gasteiger partial charge in [-0.2, -0.15) is 0 Å². The summed E-state index contributed by atoms with van der Waals surface area (Å²) in [5.74, 6) is -0.0474. The first-order valence-corrected chi connectivity index (χ1v) is 7.36. The minimum Gasteiger partial charge on any atom is -0.328 e. The van der Waals surface area contributed by atoms with E-state index < -0.39 is 0 Å². The van der Waals surface area contributed by atoms with Crippen LogP contribution in [0.2, 0.25) is 0 Å². The van der Waals surface area contributed by atoms with Crippen molar-refractivity contribution >= 4 is 11.8 Å². The quantitative estimate of drug-likeness (QED) is 0.868. The van der Waals surface area contributed by atoms with Gasteiger partial charge in [-0.05, 0) is 18.9 Å². The van der Waals surface area contributed by atoms with Gasteiger partial charge in [-0.3, -0.25) is 9.59 Å². The van der Waals surface area contributed by atoms with Gasteiger partial charge in [-0.15, -0.1) is 0 Å². The van der Waals surface area contributed by atoms with Crippen LogP contribution >= 0.6 is 0 Å². The second-order valence-electron chi connectivity index (χ2n) is 4.70. The zero-order valence-corrected chi connectivity index (χ0v) is 13.1. The molecule has 1 N–H and O–H groups in total. The van der Waals surface area contributed by atoms with E-state index in [1.54, 1.807) is 11.0 Å². The van der Waals surface area contributed by atoms with Crippen molar-refractivity contribution in [2.24, 2.45) is 0 Å². The standard InChI is InChI=1S/C15H18N2O2.C2H6/c1-4-6-12-11(5-2)9-17(15(12)19)13-7-8-14(18)16-10(13)3;1-2/h4-6,13H,2-3,7-9H2,1H3,(H,16,18);1-2H3/b6-4-;. The van der Waals surface area contributed by atoms with Gasteiger partial charge in [0.15, 0.2) is 0 Å². The summed E-state index contributed by atoms with van der Waals surface area (Å²) >= 11 is 0. The van der Waals surface area contributed by atoms with E-state index >= 15 is 0 Å². The van der Waals surface area contributed by atoms with Crippen LogP contribution in [0.5, 0.6) is 0 Å². The molecule has 0 radical (unpaired) electrons. The van der Waals surface area contributed by atoms with Crippen molar-refractivity contribution in [1.29, 1.82) is 0 Å². The molecule has 1 fully saturated rings. The van der Waals surface area contributed by atoms with Crippen molar-refractivity contribution in [2.75, 3.05) is 6.54 Å². The first kappa shape index (κ1) is 17.0. The average Bonchev–Trinajstić information content (AvgIpc) is 2.79. The van der Waals surface area contributed by atoms with E-state index in [0.29, 0.717) is 30.7 Å². The normalized spacial score (nSPS) is 22.3. The molecule has 2 aliphatic heterocycles. The molecule has 1 atom stereocenters. The SMILES string of the molecule is C=CC1=C(/C=C\C)C(=O)N(C2CCC(=O)NC2=C)C1.CC. The Hall–Kier alpha value is -2.10. The molecule has 2 rings (SSSR count). The molecule has 0 bridgehead atoms. The lowest BCUT2D eigenvalue weighted by molar-refractivity contribution is -0.129. The third-order valence-corrected chi connectivity index (χ3v) is 3.48. The van der Waals surface area contributed by atoms with Crippen molar-refractivity contribution < 1.29 is 9.59 Å². The third kappa shape index (κ3) is 3.51. The lowest BCUT2D eigenvalue weighted by Gasteiger charge is -2.33.